The molecule has 0 saturated heterocycles. The van der Waals surface area contributed by atoms with Gasteiger partial charge >= 0.3 is 6.03 Å². The van der Waals surface area contributed by atoms with Gasteiger partial charge < -0.3 is 5.32 Å². The molecular weight excluding hydrogens is 258 g/mol. The van der Waals surface area contributed by atoms with Crippen LogP contribution in [0, 0.1) is 13.8 Å². The van der Waals surface area contributed by atoms with Crippen LogP contribution in [0.25, 0.3) is 0 Å². The molecule has 0 atom stereocenters. The molecule has 2 N–H and O–H groups in total. The predicted octanol–water partition coefficient (Wildman–Crippen LogP) is 3.97. The van der Waals surface area contributed by atoms with Crippen LogP contribution < -0.4 is 10.6 Å². The standard InChI is InChI=1S/C14H17N3OS/c1-4-12-10(3)19-14(16-12)17-13(18)15-11-7-5-9(2)6-8-11/h5-8H,4H2,1-3H3,(H2,15,16,17,18). The van der Waals surface area contributed by atoms with Gasteiger partial charge in [-0.2, -0.15) is 0 Å². The molecule has 19 heavy (non-hydrogen) atoms. The van der Waals surface area contributed by atoms with Crippen molar-refractivity contribution >= 4 is 28.2 Å². The first kappa shape index (κ1) is 13.5. The summed E-state index contributed by atoms with van der Waals surface area (Å²) in [4.78, 5) is 17.3. The van der Waals surface area contributed by atoms with Gasteiger partial charge in [-0.15, -0.1) is 11.3 Å². The normalized spacial score (nSPS) is 10.3. The third kappa shape index (κ3) is 3.54. The summed E-state index contributed by atoms with van der Waals surface area (Å²) in [5, 5.41) is 6.18. The maximum atomic E-state index is 11.8. The third-order valence-electron chi connectivity index (χ3n) is 2.76. The number of rotatable bonds is 3. The molecule has 4 nitrogen and oxygen atoms in total. The quantitative estimate of drug-likeness (QED) is 0.890. The fourth-order valence-corrected chi connectivity index (χ4v) is 2.60. The van der Waals surface area contributed by atoms with Crippen LogP contribution in [-0.2, 0) is 6.42 Å². The first-order valence-corrected chi connectivity index (χ1v) is 7.01. The highest BCUT2D eigenvalue weighted by atomic mass is 32.1. The highest BCUT2D eigenvalue weighted by molar-refractivity contribution is 7.15. The maximum absolute atomic E-state index is 11.8. The SMILES string of the molecule is CCc1nc(NC(=O)Nc2ccc(C)cc2)sc1C. The second-order valence-electron chi connectivity index (χ2n) is 4.32. The molecule has 0 radical (unpaired) electrons. The number of carbonyl (C=O) groups is 1. The van der Waals surface area contributed by atoms with Gasteiger partial charge in [-0.05, 0) is 32.4 Å². The number of hydrogen-bond donors (Lipinski definition) is 2. The summed E-state index contributed by atoms with van der Waals surface area (Å²) in [6.07, 6.45) is 0.879. The van der Waals surface area contributed by atoms with E-state index < -0.39 is 0 Å². The van der Waals surface area contributed by atoms with E-state index in [2.05, 4.69) is 22.5 Å². The van der Waals surface area contributed by atoms with E-state index in [1.54, 1.807) is 0 Å². The summed E-state index contributed by atoms with van der Waals surface area (Å²) in [6.45, 7) is 6.08. The lowest BCUT2D eigenvalue weighted by molar-refractivity contribution is 0.262. The van der Waals surface area contributed by atoms with E-state index in [1.165, 1.54) is 11.3 Å². The van der Waals surface area contributed by atoms with Gasteiger partial charge in [-0.25, -0.2) is 9.78 Å². The van der Waals surface area contributed by atoms with Crippen molar-refractivity contribution < 1.29 is 4.79 Å². The third-order valence-corrected chi connectivity index (χ3v) is 3.69. The molecule has 1 aromatic heterocycles. The van der Waals surface area contributed by atoms with E-state index in [-0.39, 0.29) is 6.03 Å². The van der Waals surface area contributed by atoms with Gasteiger partial charge in [0.1, 0.15) is 0 Å². The van der Waals surface area contributed by atoms with Crippen LogP contribution in [0.15, 0.2) is 24.3 Å². The summed E-state index contributed by atoms with van der Waals surface area (Å²) in [5.74, 6) is 0. The molecule has 1 heterocycles. The summed E-state index contributed by atoms with van der Waals surface area (Å²) in [5.41, 5.74) is 2.97. The molecule has 0 aliphatic carbocycles. The van der Waals surface area contributed by atoms with Gasteiger partial charge in [0.15, 0.2) is 5.13 Å². The minimum absolute atomic E-state index is 0.264. The zero-order valence-corrected chi connectivity index (χ0v) is 12.1. The van der Waals surface area contributed by atoms with Crippen molar-refractivity contribution in [1.29, 1.82) is 0 Å². The number of amides is 2. The Morgan fingerprint density at radius 2 is 1.89 bits per heavy atom. The van der Waals surface area contributed by atoms with Crippen molar-refractivity contribution in [3.05, 3.63) is 40.4 Å². The molecule has 1 aromatic carbocycles. The van der Waals surface area contributed by atoms with Gasteiger partial charge in [0.25, 0.3) is 0 Å². The predicted molar refractivity (Wildman–Crippen MR) is 80.0 cm³/mol. The van der Waals surface area contributed by atoms with E-state index in [0.29, 0.717) is 5.13 Å². The number of aryl methyl sites for hydroxylation is 3. The zero-order chi connectivity index (χ0) is 13.8. The lowest BCUT2D eigenvalue weighted by Crippen LogP contribution is -2.19. The second kappa shape index (κ2) is 5.84. The van der Waals surface area contributed by atoms with Crippen LogP contribution in [-0.4, -0.2) is 11.0 Å². The monoisotopic (exact) mass is 275 g/mol. The molecule has 2 amide bonds. The number of nitrogens with zero attached hydrogens (tertiary/aromatic N) is 1. The van der Waals surface area contributed by atoms with E-state index >= 15 is 0 Å². The Hall–Kier alpha value is -1.88. The van der Waals surface area contributed by atoms with Gasteiger partial charge in [-0.1, -0.05) is 24.6 Å². The van der Waals surface area contributed by atoms with E-state index in [1.807, 2.05) is 38.1 Å². The molecule has 0 aliphatic heterocycles. The average molecular weight is 275 g/mol. The average Bonchev–Trinajstić information content (AvgIpc) is 2.72. The molecule has 2 rings (SSSR count). The fraction of sp³-hybridized carbons (Fsp3) is 0.286. The second-order valence-corrected chi connectivity index (χ2v) is 5.52. The molecule has 0 fully saturated rings. The Kier molecular flexibility index (Phi) is 4.16. The number of benzene rings is 1. The largest absolute Gasteiger partial charge is 0.325 e. The number of anilines is 2. The number of aromatic nitrogens is 1. The van der Waals surface area contributed by atoms with Crippen molar-refractivity contribution in [1.82, 2.24) is 4.98 Å². The number of carbonyl (C=O) groups excluding carboxylic acids is 1. The minimum Gasteiger partial charge on any atom is -0.308 e. The summed E-state index contributed by atoms with van der Waals surface area (Å²) in [7, 11) is 0. The van der Waals surface area contributed by atoms with Crippen molar-refractivity contribution in [3.63, 3.8) is 0 Å². The van der Waals surface area contributed by atoms with E-state index in [4.69, 9.17) is 0 Å². The topological polar surface area (TPSA) is 54.0 Å². The van der Waals surface area contributed by atoms with Crippen LogP contribution in [0.5, 0.6) is 0 Å². The van der Waals surface area contributed by atoms with Crippen molar-refractivity contribution in [2.75, 3.05) is 10.6 Å². The number of urea groups is 1. The van der Waals surface area contributed by atoms with E-state index in [0.717, 1.165) is 28.2 Å². The summed E-state index contributed by atoms with van der Waals surface area (Å²) >= 11 is 1.50. The Balaban J connectivity index is 1.99. The first-order valence-electron chi connectivity index (χ1n) is 6.19. The maximum Gasteiger partial charge on any atom is 0.325 e. The van der Waals surface area contributed by atoms with Crippen LogP contribution >= 0.6 is 11.3 Å². The van der Waals surface area contributed by atoms with Crippen LogP contribution in [0.1, 0.15) is 23.1 Å². The smallest absolute Gasteiger partial charge is 0.308 e. The highest BCUT2D eigenvalue weighted by Gasteiger charge is 2.09. The van der Waals surface area contributed by atoms with Crippen molar-refractivity contribution in [2.24, 2.45) is 0 Å². The van der Waals surface area contributed by atoms with Gasteiger partial charge in [0.05, 0.1) is 5.69 Å². The van der Waals surface area contributed by atoms with Crippen molar-refractivity contribution in [3.8, 4) is 0 Å². The van der Waals surface area contributed by atoms with E-state index in [9.17, 15) is 4.79 Å². The van der Waals surface area contributed by atoms with Gasteiger partial charge in [0.2, 0.25) is 0 Å². The van der Waals surface area contributed by atoms with Gasteiger partial charge in [0, 0.05) is 10.6 Å². The number of thiazole rings is 1. The first-order chi connectivity index (χ1) is 9.08. The van der Waals surface area contributed by atoms with Crippen molar-refractivity contribution in [2.45, 2.75) is 27.2 Å². The Morgan fingerprint density at radius 3 is 2.47 bits per heavy atom. The minimum atomic E-state index is -0.264. The zero-order valence-electron chi connectivity index (χ0n) is 11.3. The lowest BCUT2D eigenvalue weighted by Gasteiger charge is -2.05. The molecule has 0 aliphatic rings. The number of hydrogen-bond acceptors (Lipinski definition) is 3. The molecule has 0 bridgehead atoms. The number of nitrogens with one attached hydrogen (secondary N) is 2. The molecule has 0 unspecified atom stereocenters. The summed E-state index contributed by atoms with van der Waals surface area (Å²) in [6, 6.07) is 7.40. The highest BCUT2D eigenvalue weighted by Crippen LogP contribution is 2.22. The molecule has 5 heteroatoms. The molecule has 0 saturated carbocycles. The lowest BCUT2D eigenvalue weighted by atomic mass is 10.2. The Morgan fingerprint density at radius 1 is 1.21 bits per heavy atom. The Bertz CT molecular complexity index is 575. The molecule has 2 aromatic rings. The molecular formula is C14H17N3OS. The van der Waals surface area contributed by atoms with Crippen LogP contribution in [0.3, 0.4) is 0 Å². The van der Waals surface area contributed by atoms with Gasteiger partial charge in [-0.3, -0.25) is 5.32 Å². The van der Waals surface area contributed by atoms with Crippen LogP contribution in [0.4, 0.5) is 15.6 Å². The fourth-order valence-electron chi connectivity index (χ4n) is 1.71. The molecule has 100 valence electrons. The summed E-state index contributed by atoms with van der Waals surface area (Å²) < 4.78 is 0. The molecule has 0 spiro atoms. The van der Waals surface area contributed by atoms with Crippen LogP contribution in [0.2, 0.25) is 0 Å². The Labute approximate surface area is 116 Å².